The minimum atomic E-state index is -1.50. The van der Waals surface area contributed by atoms with Gasteiger partial charge in [-0.3, -0.25) is 29.0 Å². The number of carboxylic acids is 2. The number of aliphatic imine (C=N–C) groups is 1. The second kappa shape index (κ2) is 17.8. The molecule has 4 atom stereocenters. The van der Waals surface area contributed by atoms with Gasteiger partial charge in [-0.05, 0) is 37.7 Å². The number of nitrogens with zero attached hydrogens (tertiary/aromatic N) is 1. The van der Waals surface area contributed by atoms with Gasteiger partial charge in [0.2, 0.25) is 23.6 Å². The molecule has 13 N–H and O–H groups in total. The second-order valence-electron chi connectivity index (χ2n) is 7.96. The summed E-state index contributed by atoms with van der Waals surface area (Å²) in [4.78, 5) is 75.8. The van der Waals surface area contributed by atoms with Crippen LogP contribution < -0.4 is 38.9 Å². The van der Waals surface area contributed by atoms with E-state index in [-0.39, 0.29) is 25.3 Å². The van der Waals surface area contributed by atoms with Gasteiger partial charge in [0.1, 0.15) is 18.1 Å². The fourth-order valence-electron chi connectivity index (χ4n) is 2.91. The first kappa shape index (κ1) is 33.4. The van der Waals surface area contributed by atoms with Crippen LogP contribution in [-0.4, -0.2) is 94.5 Å². The first-order valence-electron chi connectivity index (χ1n) is 11.2. The van der Waals surface area contributed by atoms with Crippen molar-refractivity contribution < 1.29 is 39.0 Å². The summed E-state index contributed by atoms with van der Waals surface area (Å²) < 4.78 is 0. The number of thioether (sulfide) groups is 1. The van der Waals surface area contributed by atoms with E-state index in [4.69, 9.17) is 28.0 Å². The molecule has 0 aromatic carbocycles. The normalized spacial score (nSPS) is 13.8. The van der Waals surface area contributed by atoms with Gasteiger partial charge in [-0.15, -0.1) is 0 Å². The summed E-state index contributed by atoms with van der Waals surface area (Å²) in [6.07, 6.45) is 0.667. The Balaban J connectivity index is 5.53. The van der Waals surface area contributed by atoms with Gasteiger partial charge in [-0.1, -0.05) is 0 Å². The van der Waals surface area contributed by atoms with Crippen molar-refractivity contribution in [1.82, 2.24) is 16.0 Å². The largest absolute Gasteiger partial charge is 0.481 e. The van der Waals surface area contributed by atoms with Gasteiger partial charge in [0.05, 0.1) is 12.5 Å². The van der Waals surface area contributed by atoms with E-state index >= 15 is 0 Å². The third-order valence-electron chi connectivity index (χ3n) is 4.85. The van der Waals surface area contributed by atoms with Gasteiger partial charge in [-0.25, -0.2) is 4.79 Å². The zero-order chi connectivity index (χ0) is 28.5. The monoisotopic (exact) mass is 548 g/mol. The molecule has 16 nitrogen and oxygen atoms in total. The Morgan fingerprint density at radius 3 is 1.92 bits per heavy atom. The molecule has 0 aromatic rings. The average molecular weight is 549 g/mol. The predicted molar refractivity (Wildman–Crippen MR) is 135 cm³/mol. The number of hydrogen-bond acceptors (Lipinski definition) is 9. The number of nitrogens with two attached hydrogens (primary N) is 4. The highest BCUT2D eigenvalue weighted by Gasteiger charge is 2.31. The van der Waals surface area contributed by atoms with Gasteiger partial charge < -0.3 is 49.1 Å². The van der Waals surface area contributed by atoms with Crippen molar-refractivity contribution >= 4 is 53.3 Å². The molecule has 0 heterocycles. The summed E-state index contributed by atoms with van der Waals surface area (Å²) in [5.41, 5.74) is 21.4. The van der Waals surface area contributed by atoms with Crippen molar-refractivity contribution in [2.45, 2.75) is 62.7 Å². The molecular weight excluding hydrogens is 512 g/mol. The van der Waals surface area contributed by atoms with Crippen LogP contribution in [0.15, 0.2) is 4.99 Å². The Labute approximate surface area is 217 Å². The smallest absolute Gasteiger partial charge is 0.326 e. The number of carbonyl (C=O) groups is 6. The van der Waals surface area contributed by atoms with Crippen LogP contribution in [0.5, 0.6) is 0 Å². The molecule has 0 saturated carbocycles. The summed E-state index contributed by atoms with van der Waals surface area (Å²) in [6.45, 7) is 0.106. The van der Waals surface area contributed by atoms with E-state index in [0.717, 1.165) is 0 Å². The zero-order valence-corrected chi connectivity index (χ0v) is 21.3. The maximum absolute atomic E-state index is 12.8. The van der Waals surface area contributed by atoms with E-state index in [1.165, 1.54) is 11.8 Å². The van der Waals surface area contributed by atoms with Crippen LogP contribution in [0.25, 0.3) is 0 Å². The third kappa shape index (κ3) is 15.2. The van der Waals surface area contributed by atoms with E-state index in [0.29, 0.717) is 12.2 Å². The molecule has 0 radical (unpaired) electrons. The lowest BCUT2D eigenvalue weighted by Gasteiger charge is -2.24. The predicted octanol–water partition coefficient (Wildman–Crippen LogP) is -3.60. The van der Waals surface area contributed by atoms with Gasteiger partial charge in [0.25, 0.3) is 0 Å². The molecular formula is C20H36N8O8S. The summed E-state index contributed by atoms with van der Waals surface area (Å²) in [5, 5.41) is 25.2. The molecule has 37 heavy (non-hydrogen) atoms. The Hall–Kier alpha value is -3.60. The van der Waals surface area contributed by atoms with E-state index in [1.54, 1.807) is 0 Å². The van der Waals surface area contributed by atoms with Crippen LogP contribution in [0, 0.1) is 0 Å². The molecule has 4 unspecified atom stereocenters. The molecule has 17 heteroatoms. The number of guanidine groups is 1. The van der Waals surface area contributed by atoms with Crippen molar-refractivity contribution in [2.24, 2.45) is 27.9 Å². The van der Waals surface area contributed by atoms with Gasteiger partial charge in [0.15, 0.2) is 5.96 Å². The summed E-state index contributed by atoms with van der Waals surface area (Å²) in [5.74, 6) is -5.92. The SMILES string of the molecule is CSCCC(N)C(=O)NC(CC(N)=O)C(=O)NC(CCC(=O)O)C(=O)NC(CCCN=C(N)N)C(=O)O. The Kier molecular flexibility index (Phi) is 16.0. The molecule has 0 aliphatic rings. The number of aliphatic carboxylic acids is 2. The van der Waals surface area contributed by atoms with Crippen LogP contribution in [0.4, 0.5) is 0 Å². The van der Waals surface area contributed by atoms with Crippen molar-refractivity contribution in [3.63, 3.8) is 0 Å². The maximum Gasteiger partial charge on any atom is 0.326 e. The minimum Gasteiger partial charge on any atom is -0.481 e. The Morgan fingerprint density at radius 2 is 1.41 bits per heavy atom. The van der Waals surface area contributed by atoms with Crippen LogP contribution in [-0.2, 0) is 28.8 Å². The highest BCUT2D eigenvalue weighted by molar-refractivity contribution is 7.98. The summed E-state index contributed by atoms with van der Waals surface area (Å²) in [6, 6.07) is -5.36. The number of amides is 4. The maximum atomic E-state index is 12.8. The standard InChI is InChI=1S/C20H36N8O8S/c1-37-8-6-10(21)16(32)28-13(9-14(22)29)18(34)26-11(4-5-15(30)31)17(33)27-12(19(35)36)3-2-7-25-20(23)24/h10-13H,2-9,21H2,1H3,(H2,22,29)(H,26,34)(H,27,33)(H,28,32)(H,30,31)(H,35,36)(H4,23,24,25). The molecule has 4 amide bonds. The molecule has 0 rings (SSSR count). The van der Waals surface area contributed by atoms with E-state index in [2.05, 4.69) is 20.9 Å². The molecule has 0 aliphatic carbocycles. The molecule has 0 bridgehead atoms. The van der Waals surface area contributed by atoms with Gasteiger partial charge in [0, 0.05) is 13.0 Å². The van der Waals surface area contributed by atoms with Crippen molar-refractivity contribution in [1.29, 1.82) is 0 Å². The van der Waals surface area contributed by atoms with Crippen LogP contribution >= 0.6 is 11.8 Å². The fourth-order valence-corrected chi connectivity index (χ4v) is 3.40. The number of rotatable bonds is 19. The Bertz CT molecular complexity index is 852. The summed E-state index contributed by atoms with van der Waals surface area (Å²) in [7, 11) is 0. The zero-order valence-electron chi connectivity index (χ0n) is 20.5. The number of nitrogens with one attached hydrogen (secondary N) is 3. The molecule has 0 spiro atoms. The van der Waals surface area contributed by atoms with E-state index in [1.807, 2.05) is 6.26 Å². The van der Waals surface area contributed by atoms with Gasteiger partial charge in [-0.2, -0.15) is 11.8 Å². The third-order valence-corrected chi connectivity index (χ3v) is 5.49. The number of carboxylic acid groups (broad SMARTS) is 2. The number of hydrogen-bond donors (Lipinski definition) is 9. The fraction of sp³-hybridized carbons (Fsp3) is 0.650. The highest BCUT2D eigenvalue weighted by Crippen LogP contribution is 2.05. The van der Waals surface area contributed by atoms with Crippen LogP contribution in [0.3, 0.4) is 0 Å². The van der Waals surface area contributed by atoms with Crippen molar-refractivity contribution in [3.8, 4) is 0 Å². The summed E-state index contributed by atoms with van der Waals surface area (Å²) >= 11 is 1.45. The quantitative estimate of drug-likeness (QED) is 0.0429. The lowest BCUT2D eigenvalue weighted by atomic mass is 10.1. The van der Waals surface area contributed by atoms with Crippen molar-refractivity contribution in [3.05, 3.63) is 0 Å². The average Bonchev–Trinajstić information content (AvgIpc) is 2.80. The molecule has 0 aliphatic heterocycles. The highest BCUT2D eigenvalue weighted by atomic mass is 32.2. The second-order valence-corrected chi connectivity index (χ2v) is 8.95. The molecule has 0 aromatic heterocycles. The first-order valence-corrected chi connectivity index (χ1v) is 12.6. The first-order chi connectivity index (χ1) is 17.3. The van der Waals surface area contributed by atoms with Gasteiger partial charge >= 0.3 is 11.9 Å². The van der Waals surface area contributed by atoms with E-state index < -0.39 is 79.0 Å². The minimum absolute atomic E-state index is 0.0637. The number of primary amides is 1. The topological polar surface area (TPSA) is 295 Å². The van der Waals surface area contributed by atoms with E-state index in [9.17, 15) is 33.9 Å². The lowest BCUT2D eigenvalue weighted by molar-refractivity contribution is -0.143. The number of carbonyl (C=O) groups excluding carboxylic acids is 4. The lowest BCUT2D eigenvalue weighted by Crippen LogP contribution is -2.57. The molecule has 0 saturated heterocycles. The Morgan fingerprint density at radius 1 is 0.838 bits per heavy atom. The van der Waals surface area contributed by atoms with Crippen LogP contribution in [0.2, 0.25) is 0 Å². The molecule has 0 fully saturated rings. The van der Waals surface area contributed by atoms with Crippen molar-refractivity contribution in [2.75, 3.05) is 18.6 Å². The van der Waals surface area contributed by atoms with Crippen LogP contribution in [0.1, 0.15) is 38.5 Å². The molecule has 210 valence electrons.